The highest BCUT2D eigenvalue weighted by molar-refractivity contribution is 9.10. The number of hydrogen-bond acceptors (Lipinski definition) is 5. The Hall–Kier alpha value is -3.34. The van der Waals surface area contributed by atoms with Gasteiger partial charge in [-0.25, -0.2) is 4.39 Å². The zero-order chi connectivity index (χ0) is 23.5. The summed E-state index contributed by atoms with van der Waals surface area (Å²) < 4.78 is 67.0. The molecule has 0 atom stereocenters. The topological polar surface area (TPSA) is 69.7 Å². The van der Waals surface area contributed by atoms with Crippen LogP contribution in [0.4, 0.5) is 23.2 Å². The highest BCUT2D eigenvalue weighted by Gasteiger charge is 2.31. The van der Waals surface area contributed by atoms with E-state index in [-0.39, 0.29) is 21.7 Å². The molecule has 0 bridgehead atoms. The van der Waals surface area contributed by atoms with Crippen LogP contribution >= 0.6 is 15.9 Å². The Morgan fingerprint density at radius 1 is 1.06 bits per heavy atom. The van der Waals surface area contributed by atoms with Crippen LogP contribution in [-0.2, 0) is 0 Å². The number of rotatable bonds is 6. The number of pyridine rings is 1. The van der Waals surface area contributed by atoms with Crippen molar-refractivity contribution in [1.82, 2.24) is 4.98 Å². The lowest BCUT2D eigenvalue weighted by molar-refractivity contribution is -0.274. The van der Waals surface area contributed by atoms with Gasteiger partial charge in [0.1, 0.15) is 22.9 Å². The number of nitrogens with zero attached hydrogens (tertiary/aromatic N) is 1. The smallest absolute Gasteiger partial charge is 0.493 e. The fourth-order valence-electron chi connectivity index (χ4n) is 2.72. The Kier molecular flexibility index (Phi) is 6.87. The van der Waals surface area contributed by atoms with E-state index in [4.69, 9.17) is 9.47 Å². The van der Waals surface area contributed by atoms with Crippen molar-refractivity contribution in [3.63, 3.8) is 0 Å². The normalized spacial score (nSPS) is 11.1. The second-order valence-electron chi connectivity index (χ2n) is 6.36. The predicted octanol–water partition coefficient (Wildman–Crippen LogP) is 6.24. The van der Waals surface area contributed by atoms with Gasteiger partial charge in [0.2, 0.25) is 0 Å². The van der Waals surface area contributed by atoms with Gasteiger partial charge in [-0.05, 0) is 43.3 Å². The van der Waals surface area contributed by atoms with Gasteiger partial charge in [0.15, 0.2) is 11.5 Å². The largest absolute Gasteiger partial charge is 0.573 e. The van der Waals surface area contributed by atoms with Crippen LogP contribution in [0.2, 0.25) is 0 Å². The summed E-state index contributed by atoms with van der Waals surface area (Å²) >= 11 is 3.13. The zero-order valence-corrected chi connectivity index (χ0v) is 18.2. The number of hydrogen-bond donors (Lipinski definition) is 1. The molecule has 0 radical (unpaired) electrons. The molecule has 0 fully saturated rings. The third-order valence-corrected chi connectivity index (χ3v) is 4.45. The van der Waals surface area contributed by atoms with Gasteiger partial charge in [0.25, 0.3) is 5.91 Å². The molecule has 0 saturated heterocycles. The van der Waals surface area contributed by atoms with Crippen molar-refractivity contribution in [3.8, 4) is 23.0 Å². The lowest BCUT2D eigenvalue weighted by Crippen LogP contribution is -2.17. The van der Waals surface area contributed by atoms with E-state index in [1.807, 2.05) is 0 Å². The second kappa shape index (κ2) is 9.43. The summed E-state index contributed by atoms with van der Waals surface area (Å²) in [7, 11) is 1.21. The van der Waals surface area contributed by atoms with Gasteiger partial charge in [-0.1, -0.05) is 15.9 Å². The lowest BCUT2D eigenvalue weighted by atomic mass is 10.1. The first kappa shape index (κ1) is 23.3. The van der Waals surface area contributed by atoms with E-state index in [0.717, 1.165) is 24.3 Å². The summed E-state index contributed by atoms with van der Waals surface area (Å²) in [6.07, 6.45) is -3.41. The minimum atomic E-state index is -4.89. The molecule has 0 unspecified atom stereocenters. The highest BCUT2D eigenvalue weighted by Crippen LogP contribution is 2.39. The molecular weight excluding hydrogens is 500 g/mol. The number of carbonyl (C=O) groups is 1. The average Bonchev–Trinajstić information content (AvgIpc) is 2.67. The number of benzene rings is 2. The first-order valence-corrected chi connectivity index (χ1v) is 9.69. The summed E-state index contributed by atoms with van der Waals surface area (Å²) in [5.74, 6) is -2.59. The number of halogens is 5. The van der Waals surface area contributed by atoms with E-state index in [9.17, 15) is 22.4 Å². The molecular formula is C21H15BrF4N2O4. The number of nitrogens with one attached hydrogen (secondary N) is 1. The third kappa shape index (κ3) is 5.88. The number of aromatic nitrogens is 1. The van der Waals surface area contributed by atoms with Crippen molar-refractivity contribution in [2.75, 3.05) is 12.4 Å². The maximum Gasteiger partial charge on any atom is 0.573 e. The molecule has 0 saturated carbocycles. The van der Waals surface area contributed by atoms with Crippen molar-refractivity contribution < 1.29 is 36.6 Å². The Bertz CT molecular complexity index is 1160. The van der Waals surface area contributed by atoms with Crippen LogP contribution in [0.25, 0.3) is 0 Å². The van der Waals surface area contributed by atoms with E-state index in [0.29, 0.717) is 11.4 Å². The number of methoxy groups -OCH3 is 1. The molecule has 6 nitrogen and oxygen atoms in total. The van der Waals surface area contributed by atoms with Crippen molar-refractivity contribution in [2.24, 2.45) is 0 Å². The van der Waals surface area contributed by atoms with Gasteiger partial charge >= 0.3 is 6.36 Å². The van der Waals surface area contributed by atoms with E-state index in [2.05, 4.69) is 31.0 Å². The van der Waals surface area contributed by atoms with Crippen LogP contribution in [0, 0.1) is 12.7 Å². The van der Waals surface area contributed by atoms with Gasteiger partial charge in [0.05, 0.1) is 7.11 Å². The Morgan fingerprint density at radius 3 is 2.47 bits per heavy atom. The predicted molar refractivity (Wildman–Crippen MR) is 111 cm³/mol. The molecule has 0 aliphatic carbocycles. The van der Waals surface area contributed by atoms with Gasteiger partial charge in [0, 0.05) is 28.1 Å². The van der Waals surface area contributed by atoms with Crippen LogP contribution < -0.4 is 19.5 Å². The fourth-order valence-corrected chi connectivity index (χ4v) is 3.12. The summed E-state index contributed by atoms with van der Waals surface area (Å²) in [5, 5.41) is 2.56. The van der Waals surface area contributed by atoms with Gasteiger partial charge < -0.3 is 19.5 Å². The summed E-state index contributed by atoms with van der Waals surface area (Å²) in [6.45, 7) is 1.73. The number of alkyl halides is 3. The zero-order valence-electron chi connectivity index (χ0n) is 16.6. The SMILES string of the molecule is COc1cc(OC(F)(F)F)ccc1Oc1cc(Br)cc(F)c1C(=O)Nc1ccnc(C)c1. The third-order valence-electron chi connectivity index (χ3n) is 3.99. The molecule has 11 heteroatoms. The molecule has 168 valence electrons. The van der Waals surface area contributed by atoms with Crippen LogP contribution in [0.5, 0.6) is 23.0 Å². The van der Waals surface area contributed by atoms with E-state index in [1.54, 1.807) is 13.0 Å². The molecule has 1 aromatic heterocycles. The van der Waals surface area contributed by atoms with Crippen molar-refractivity contribution >= 4 is 27.5 Å². The van der Waals surface area contributed by atoms with Crippen LogP contribution in [0.1, 0.15) is 16.1 Å². The summed E-state index contributed by atoms with van der Waals surface area (Å²) in [4.78, 5) is 16.8. The first-order chi connectivity index (χ1) is 15.1. The van der Waals surface area contributed by atoms with Crippen molar-refractivity contribution in [1.29, 1.82) is 0 Å². The van der Waals surface area contributed by atoms with Crippen molar-refractivity contribution in [2.45, 2.75) is 13.3 Å². The standard InChI is InChI=1S/C21H15BrF4N2O4/c1-11-7-13(5-6-27-11)28-20(29)19-15(23)8-12(22)9-18(19)31-16-4-3-14(10-17(16)30-2)32-21(24,25)26/h3-10H,1-2H3,(H,27,28,29). The first-order valence-electron chi connectivity index (χ1n) is 8.90. The minimum absolute atomic E-state index is 0.0617. The van der Waals surface area contributed by atoms with Crippen LogP contribution in [0.15, 0.2) is 53.1 Å². The molecule has 0 aliphatic rings. The molecule has 2 aromatic carbocycles. The lowest BCUT2D eigenvalue weighted by Gasteiger charge is -2.16. The molecule has 32 heavy (non-hydrogen) atoms. The van der Waals surface area contributed by atoms with Crippen LogP contribution in [-0.4, -0.2) is 24.4 Å². The van der Waals surface area contributed by atoms with Crippen molar-refractivity contribution in [3.05, 3.63) is 70.2 Å². The molecule has 0 aliphatic heterocycles. The fraction of sp³-hybridized carbons (Fsp3) is 0.143. The molecule has 1 N–H and O–H groups in total. The molecule has 1 heterocycles. The summed E-state index contributed by atoms with van der Waals surface area (Å²) in [5.41, 5.74) is 0.615. The number of anilines is 1. The monoisotopic (exact) mass is 514 g/mol. The maximum atomic E-state index is 14.7. The molecule has 0 spiro atoms. The molecule has 1 amide bonds. The maximum absolute atomic E-state index is 14.7. The minimum Gasteiger partial charge on any atom is -0.493 e. The van der Waals surface area contributed by atoms with Crippen LogP contribution in [0.3, 0.4) is 0 Å². The number of carbonyl (C=O) groups excluding carboxylic acids is 1. The average molecular weight is 515 g/mol. The Balaban J connectivity index is 1.95. The van der Waals surface area contributed by atoms with Gasteiger partial charge in [-0.2, -0.15) is 0 Å². The quantitative estimate of drug-likeness (QED) is 0.394. The van der Waals surface area contributed by atoms with E-state index in [1.165, 1.54) is 25.4 Å². The van der Waals surface area contributed by atoms with E-state index >= 15 is 0 Å². The van der Waals surface area contributed by atoms with E-state index < -0.39 is 29.4 Å². The van der Waals surface area contributed by atoms with Gasteiger partial charge in [-0.15, -0.1) is 13.2 Å². The second-order valence-corrected chi connectivity index (χ2v) is 7.28. The summed E-state index contributed by atoms with van der Waals surface area (Å²) in [6, 6.07) is 8.65. The highest BCUT2D eigenvalue weighted by atomic mass is 79.9. The molecule has 3 rings (SSSR count). The number of aryl methyl sites for hydroxylation is 1. The Labute approximate surface area is 188 Å². The molecule has 3 aromatic rings. The number of ether oxygens (including phenoxy) is 3. The van der Waals surface area contributed by atoms with Gasteiger partial charge in [-0.3, -0.25) is 9.78 Å². The number of amides is 1. The Morgan fingerprint density at radius 2 is 1.81 bits per heavy atom.